The van der Waals surface area contributed by atoms with Gasteiger partial charge in [0.05, 0.1) is 11.6 Å². The van der Waals surface area contributed by atoms with E-state index in [2.05, 4.69) is 5.32 Å². The molecule has 10 heteroatoms. The Hall–Kier alpha value is -2.88. The van der Waals surface area contributed by atoms with Gasteiger partial charge in [0.2, 0.25) is 10.0 Å². The highest BCUT2D eigenvalue weighted by molar-refractivity contribution is 7.89. The van der Waals surface area contributed by atoms with Gasteiger partial charge < -0.3 is 14.8 Å². The van der Waals surface area contributed by atoms with E-state index in [0.717, 1.165) is 15.6 Å². The second-order valence-electron chi connectivity index (χ2n) is 6.42. The van der Waals surface area contributed by atoms with Crippen LogP contribution in [0.3, 0.4) is 0 Å². The van der Waals surface area contributed by atoms with Crippen LogP contribution < -0.4 is 10.1 Å². The molecule has 0 saturated carbocycles. The second-order valence-corrected chi connectivity index (χ2v) is 8.95. The molecule has 0 aliphatic rings. The van der Waals surface area contributed by atoms with Crippen LogP contribution in [0.15, 0.2) is 53.4 Å². The number of hydrogen-bond acceptors (Lipinski definition) is 6. The van der Waals surface area contributed by atoms with E-state index in [1.54, 1.807) is 30.3 Å². The highest BCUT2D eigenvalue weighted by Crippen LogP contribution is 2.26. The number of esters is 1. The van der Waals surface area contributed by atoms with Gasteiger partial charge in [-0.2, -0.15) is 0 Å². The molecular weight excluding hydrogens is 444 g/mol. The van der Waals surface area contributed by atoms with Gasteiger partial charge in [0.1, 0.15) is 10.6 Å². The lowest BCUT2D eigenvalue weighted by Gasteiger charge is -2.14. The fraction of sp³-hybridized carbons (Fsp3) is 0.238. The molecular formula is C21H23ClN2O6S. The molecule has 0 atom stereocenters. The van der Waals surface area contributed by atoms with Gasteiger partial charge in [-0.25, -0.2) is 17.5 Å². The van der Waals surface area contributed by atoms with Gasteiger partial charge in [-0.1, -0.05) is 23.7 Å². The number of anilines is 1. The van der Waals surface area contributed by atoms with E-state index in [4.69, 9.17) is 21.1 Å². The SMILES string of the molecule is CCOc1ccc(/C=C/C(=O)OCC(=O)Nc2ccc(Cl)c(S(=O)(=O)N(C)C)c2)cc1. The maximum Gasteiger partial charge on any atom is 0.331 e. The average molecular weight is 467 g/mol. The number of hydrogen-bond donors (Lipinski definition) is 1. The number of halogens is 1. The van der Waals surface area contributed by atoms with Crippen molar-refractivity contribution in [2.24, 2.45) is 0 Å². The summed E-state index contributed by atoms with van der Waals surface area (Å²) >= 11 is 5.97. The molecule has 1 N–H and O–H groups in total. The van der Waals surface area contributed by atoms with Gasteiger partial charge in [-0.15, -0.1) is 0 Å². The maximum atomic E-state index is 12.3. The van der Waals surface area contributed by atoms with Crippen LogP contribution in [0.25, 0.3) is 6.08 Å². The summed E-state index contributed by atoms with van der Waals surface area (Å²) in [5.41, 5.74) is 0.969. The molecule has 0 radical (unpaired) electrons. The predicted molar refractivity (Wildman–Crippen MR) is 119 cm³/mol. The first-order valence-electron chi connectivity index (χ1n) is 9.23. The summed E-state index contributed by atoms with van der Waals surface area (Å²) in [6, 6.07) is 11.2. The summed E-state index contributed by atoms with van der Waals surface area (Å²) in [6.45, 7) is 1.91. The minimum Gasteiger partial charge on any atom is -0.494 e. The zero-order valence-corrected chi connectivity index (χ0v) is 18.9. The van der Waals surface area contributed by atoms with Crippen molar-refractivity contribution in [3.05, 3.63) is 59.1 Å². The minimum absolute atomic E-state index is 0.0255. The Bertz CT molecular complexity index is 1070. The van der Waals surface area contributed by atoms with E-state index in [1.165, 1.54) is 38.4 Å². The second kappa shape index (κ2) is 10.9. The van der Waals surface area contributed by atoms with Crippen LogP contribution in [0.2, 0.25) is 5.02 Å². The van der Waals surface area contributed by atoms with E-state index in [9.17, 15) is 18.0 Å². The molecule has 0 aliphatic carbocycles. The molecule has 2 rings (SSSR count). The first kappa shape index (κ1) is 24.4. The van der Waals surface area contributed by atoms with Crippen molar-refractivity contribution in [1.29, 1.82) is 0 Å². The van der Waals surface area contributed by atoms with Crippen molar-refractivity contribution in [2.75, 3.05) is 32.6 Å². The normalized spacial score (nSPS) is 11.5. The fourth-order valence-electron chi connectivity index (χ4n) is 2.36. The van der Waals surface area contributed by atoms with Gasteiger partial charge in [-0.3, -0.25) is 4.79 Å². The Kier molecular flexibility index (Phi) is 8.61. The molecule has 0 spiro atoms. The average Bonchev–Trinajstić information content (AvgIpc) is 2.73. The third kappa shape index (κ3) is 7.09. The third-order valence-electron chi connectivity index (χ3n) is 3.92. The monoisotopic (exact) mass is 466 g/mol. The van der Waals surface area contributed by atoms with Crippen molar-refractivity contribution < 1.29 is 27.5 Å². The lowest BCUT2D eigenvalue weighted by Crippen LogP contribution is -2.23. The molecule has 2 aromatic carbocycles. The standard InChI is InChI=1S/C21H23ClN2O6S/c1-4-29-17-9-5-15(6-10-17)7-12-21(26)30-14-20(25)23-16-8-11-18(22)19(13-16)31(27,28)24(2)3/h5-13H,4,14H2,1-3H3,(H,23,25)/b12-7+. The minimum atomic E-state index is -3.78. The van der Waals surface area contributed by atoms with Crippen LogP contribution in [-0.4, -0.2) is 51.9 Å². The predicted octanol–water partition coefficient (Wildman–Crippen LogP) is 3.18. The molecule has 2 aromatic rings. The highest BCUT2D eigenvalue weighted by Gasteiger charge is 2.21. The number of ether oxygens (including phenoxy) is 2. The first-order valence-corrected chi connectivity index (χ1v) is 11.0. The fourth-order valence-corrected chi connectivity index (χ4v) is 3.76. The Balaban J connectivity index is 1.92. The summed E-state index contributed by atoms with van der Waals surface area (Å²) in [7, 11) is -1.04. The number of carbonyl (C=O) groups excluding carboxylic acids is 2. The van der Waals surface area contributed by atoms with Crippen LogP contribution in [0.1, 0.15) is 12.5 Å². The molecule has 0 aliphatic heterocycles. The van der Waals surface area contributed by atoms with Crippen molar-refractivity contribution in [3.8, 4) is 5.75 Å². The molecule has 31 heavy (non-hydrogen) atoms. The van der Waals surface area contributed by atoms with Crippen molar-refractivity contribution in [1.82, 2.24) is 4.31 Å². The third-order valence-corrected chi connectivity index (χ3v) is 6.22. The number of nitrogens with zero attached hydrogens (tertiary/aromatic N) is 1. The highest BCUT2D eigenvalue weighted by atomic mass is 35.5. The summed E-state index contributed by atoms with van der Waals surface area (Å²) in [5, 5.41) is 2.50. The van der Waals surface area contributed by atoms with Gasteiger partial charge >= 0.3 is 5.97 Å². The first-order chi connectivity index (χ1) is 14.6. The lowest BCUT2D eigenvalue weighted by molar-refractivity contribution is -0.142. The molecule has 0 bridgehead atoms. The Morgan fingerprint density at radius 2 is 1.81 bits per heavy atom. The maximum absolute atomic E-state index is 12.3. The summed E-state index contributed by atoms with van der Waals surface area (Å²) in [4.78, 5) is 23.7. The van der Waals surface area contributed by atoms with Crippen molar-refractivity contribution in [2.45, 2.75) is 11.8 Å². The molecule has 166 valence electrons. The number of carbonyl (C=O) groups is 2. The number of amides is 1. The largest absolute Gasteiger partial charge is 0.494 e. The van der Waals surface area contributed by atoms with Crippen LogP contribution in [0.4, 0.5) is 5.69 Å². The van der Waals surface area contributed by atoms with Gasteiger partial charge in [0, 0.05) is 25.9 Å². The van der Waals surface area contributed by atoms with Crippen LogP contribution >= 0.6 is 11.6 Å². The van der Waals surface area contributed by atoms with E-state index in [1.807, 2.05) is 6.92 Å². The number of benzene rings is 2. The van der Waals surface area contributed by atoms with Crippen LogP contribution in [0.5, 0.6) is 5.75 Å². The molecule has 0 aromatic heterocycles. The van der Waals surface area contributed by atoms with E-state index in [-0.39, 0.29) is 15.6 Å². The smallest absolute Gasteiger partial charge is 0.331 e. The topological polar surface area (TPSA) is 102 Å². The number of nitrogens with one attached hydrogen (secondary N) is 1. The van der Waals surface area contributed by atoms with Gasteiger partial charge in [-0.05, 0) is 48.9 Å². The van der Waals surface area contributed by atoms with Gasteiger partial charge in [0.15, 0.2) is 6.61 Å². The number of sulfonamides is 1. The summed E-state index contributed by atoms with van der Waals surface area (Å²) in [6.07, 6.45) is 2.75. The lowest BCUT2D eigenvalue weighted by atomic mass is 10.2. The molecule has 0 saturated heterocycles. The zero-order valence-electron chi connectivity index (χ0n) is 17.3. The zero-order chi connectivity index (χ0) is 23.0. The molecule has 0 heterocycles. The van der Waals surface area contributed by atoms with E-state index < -0.39 is 28.5 Å². The van der Waals surface area contributed by atoms with Crippen LogP contribution in [-0.2, 0) is 24.3 Å². The Labute approximate surface area is 186 Å². The Morgan fingerprint density at radius 3 is 2.42 bits per heavy atom. The number of rotatable bonds is 9. The molecule has 8 nitrogen and oxygen atoms in total. The summed E-state index contributed by atoms with van der Waals surface area (Å²) in [5.74, 6) is -0.600. The molecule has 0 unspecified atom stereocenters. The quantitative estimate of drug-likeness (QED) is 0.450. The molecule has 0 fully saturated rings. The van der Waals surface area contributed by atoms with Crippen molar-refractivity contribution >= 4 is 45.3 Å². The van der Waals surface area contributed by atoms with E-state index in [0.29, 0.717) is 6.61 Å². The van der Waals surface area contributed by atoms with E-state index >= 15 is 0 Å². The van der Waals surface area contributed by atoms with Gasteiger partial charge in [0.25, 0.3) is 5.91 Å². The van der Waals surface area contributed by atoms with Crippen LogP contribution in [0, 0.1) is 0 Å². The summed E-state index contributed by atoms with van der Waals surface area (Å²) < 4.78 is 35.8. The Morgan fingerprint density at radius 1 is 1.13 bits per heavy atom. The van der Waals surface area contributed by atoms with Crippen molar-refractivity contribution in [3.63, 3.8) is 0 Å². The molecule has 1 amide bonds.